The van der Waals surface area contributed by atoms with Crippen LogP contribution in [0.2, 0.25) is 0 Å². The van der Waals surface area contributed by atoms with Gasteiger partial charge in [0, 0.05) is 9.77 Å². The third-order valence-electron chi connectivity index (χ3n) is 3.34. The van der Waals surface area contributed by atoms with E-state index in [1.54, 1.807) is 18.7 Å². The Bertz CT molecular complexity index is 582. The lowest BCUT2D eigenvalue weighted by molar-refractivity contribution is -0.121. The molecule has 5 heteroatoms. The maximum absolute atomic E-state index is 12.4. The maximum Gasteiger partial charge on any atom is 0.233 e. The molecule has 0 fully saturated rings. The van der Waals surface area contributed by atoms with Crippen molar-refractivity contribution in [2.75, 3.05) is 6.54 Å². The molecule has 3 nitrogen and oxygen atoms in total. The molecule has 1 amide bonds. The normalized spacial score (nSPS) is 15.0. The molecular formula is C17H21NO2S2. The first-order valence-electron chi connectivity index (χ1n) is 7.28. The first kappa shape index (κ1) is 17.1. The summed E-state index contributed by atoms with van der Waals surface area (Å²) in [5, 5.41) is 15.1. The molecule has 0 saturated heterocycles. The molecule has 118 valence electrons. The van der Waals surface area contributed by atoms with E-state index in [1.807, 2.05) is 54.8 Å². The Hall–Kier alpha value is -1.30. The minimum absolute atomic E-state index is 0.0341. The van der Waals surface area contributed by atoms with E-state index >= 15 is 0 Å². The molecule has 2 atom stereocenters. The van der Waals surface area contributed by atoms with Crippen LogP contribution in [0.3, 0.4) is 0 Å². The molecule has 0 spiro atoms. The fourth-order valence-corrected chi connectivity index (χ4v) is 3.82. The van der Waals surface area contributed by atoms with Gasteiger partial charge in [-0.15, -0.1) is 23.1 Å². The lowest BCUT2D eigenvalue weighted by Crippen LogP contribution is -2.41. The number of benzene rings is 1. The van der Waals surface area contributed by atoms with Crippen LogP contribution in [0.5, 0.6) is 0 Å². The second kappa shape index (κ2) is 7.81. The van der Waals surface area contributed by atoms with Crippen LogP contribution in [0.15, 0.2) is 52.7 Å². The number of thiophene rings is 1. The van der Waals surface area contributed by atoms with Crippen molar-refractivity contribution in [2.45, 2.75) is 36.0 Å². The van der Waals surface area contributed by atoms with Crippen molar-refractivity contribution in [2.24, 2.45) is 0 Å². The highest BCUT2D eigenvalue weighted by molar-refractivity contribution is 8.00. The van der Waals surface area contributed by atoms with Gasteiger partial charge >= 0.3 is 0 Å². The minimum Gasteiger partial charge on any atom is -0.383 e. The van der Waals surface area contributed by atoms with Gasteiger partial charge in [0.15, 0.2) is 0 Å². The molecular weight excluding hydrogens is 314 g/mol. The van der Waals surface area contributed by atoms with Crippen LogP contribution in [0.1, 0.15) is 25.1 Å². The van der Waals surface area contributed by atoms with Crippen LogP contribution in [-0.2, 0) is 10.4 Å². The number of carbonyl (C=O) groups excluding carboxylic acids is 1. The SMILES string of the molecule is CCC(Sc1ccccc1)C(=O)NCC(C)(O)c1cccs1. The molecule has 0 aliphatic rings. The Morgan fingerprint density at radius 3 is 2.64 bits per heavy atom. The molecule has 2 aromatic rings. The Balaban J connectivity index is 1.92. The van der Waals surface area contributed by atoms with Crippen molar-refractivity contribution >= 4 is 29.0 Å². The Labute approximate surface area is 139 Å². The van der Waals surface area contributed by atoms with Crippen LogP contribution in [-0.4, -0.2) is 22.8 Å². The van der Waals surface area contributed by atoms with E-state index in [0.29, 0.717) is 0 Å². The molecule has 2 rings (SSSR count). The van der Waals surface area contributed by atoms with Crippen LogP contribution in [0.25, 0.3) is 0 Å². The van der Waals surface area contributed by atoms with E-state index in [0.717, 1.165) is 16.2 Å². The van der Waals surface area contributed by atoms with Gasteiger partial charge in [-0.3, -0.25) is 4.79 Å². The summed E-state index contributed by atoms with van der Waals surface area (Å²) in [6.45, 7) is 3.94. The largest absolute Gasteiger partial charge is 0.383 e. The Morgan fingerprint density at radius 1 is 1.32 bits per heavy atom. The zero-order valence-corrected chi connectivity index (χ0v) is 14.4. The van der Waals surface area contributed by atoms with Gasteiger partial charge in [0.25, 0.3) is 0 Å². The summed E-state index contributed by atoms with van der Waals surface area (Å²) >= 11 is 3.05. The average Bonchev–Trinajstić information content (AvgIpc) is 3.07. The number of thioether (sulfide) groups is 1. The van der Waals surface area contributed by atoms with Crippen LogP contribution in [0.4, 0.5) is 0 Å². The highest BCUT2D eigenvalue weighted by Crippen LogP contribution is 2.27. The summed E-state index contributed by atoms with van der Waals surface area (Å²) in [4.78, 5) is 14.3. The van der Waals surface area contributed by atoms with Crippen molar-refractivity contribution in [1.82, 2.24) is 5.32 Å². The molecule has 0 aliphatic heterocycles. The van der Waals surface area contributed by atoms with E-state index < -0.39 is 5.60 Å². The number of hydrogen-bond acceptors (Lipinski definition) is 4. The first-order valence-corrected chi connectivity index (χ1v) is 9.04. The maximum atomic E-state index is 12.4. The Morgan fingerprint density at radius 2 is 2.05 bits per heavy atom. The van der Waals surface area contributed by atoms with E-state index in [9.17, 15) is 9.90 Å². The highest BCUT2D eigenvalue weighted by Gasteiger charge is 2.26. The summed E-state index contributed by atoms with van der Waals surface area (Å²) < 4.78 is 0. The first-order chi connectivity index (χ1) is 10.5. The number of rotatable bonds is 7. The molecule has 2 unspecified atom stereocenters. The second-order valence-corrected chi connectivity index (χ2v) is 7.52. The zero-order valence-electron chi connectivity index (χ0n) is 12.8. The molecule has 0 bridgehead atoms. The summed E-state index contributed by atoms with van der Waals surface area (Å²) in [5.41, 5.74) is -1.03. The topological polar surface area (TPSA) is 49.3 Å². The average molecular weight is 335 g/mol. The van der Waals surface area contributed by atoms with Crippen LogP contribution in [0, 0.1) is 0 Å². The fraction of sp³-hybridized carbons (Fsp3) is 0.353. The molecule has 1 heterocycles. The van der Waals surface area contributed by atoms with Crippen LogP contribution < -0.4 is 5.32 Å². The van der Waals surface area contributed by atoms with Crippen molar-refractivity contribution in [1.29, 1.82) is 0 Å². The quantitative estimate of drug-likeness (QED) is 0.760. The van der Waals surface area contributed by atoms with E-state index in [1.165, 1.54) is 11.3 Å². The summed E-state index contributed by atoms with van der Waals surface area (Å²) in [7, 11) is 0. The van der Waals surface area contributed by atoms with Gasteiger partial charge in [-0.25, -0.2) is 0 Å². The van der Waals surface area contributed by atoms with Crippen molar-refractivity contribution in [3.63, 3.8) is 0 Å². The number of aliphatic hydroxyl groups is 1. The number of carbonyl (C=O) groups is 1. The van der Waals surface area contributed by atoms with Gasteiger partial charge in [0.1, 0.15) is 5.60 Å². The van der Waals surface area contributed by atoms with Gasteiger partial charge in [-0.05, 0) is 36.9 Å². The van der Waals surface area contributed by atoms with Gasteiger partial charge in [0.2, 0.25) is 5.91 Å². The van der Waals surface area contributed by atoms with Crippen molar-refractivity contribution < 1.29 is 9.90 Å². The summed E-state index contributed by atoms with van der Waals surface area (Å²) in [6, 6.07) is 13.7. The van der Waals surface area contributed by atoms with Gasteiger partial charge in [-0.1, -0.05) is 31.2 Å². The summed E-state index contributed by atoms with van der Waals surface area (Å²) in [6.07, 6.45) is 0.743. The monoisotopic (exact) mass is 335 g/mol. The number of hydrogen-bond donors (Lipinski definition) is 2. The van der Waals surface area contributed by atoms with Gasteiger partial charge < -0.3 is 10.4 Å². The molecule has 0 saturated carbocycles. The third-order valence-corrected chi connectivity index (χ3v) is 5.84. The molecule has 0 radical (unpaired) electrons. The standard InChI is InChI=1S/C17H21NO2S2/c1-3-14(22-13-8-5-4-6-9-13)16(19)18-12-17(2,20)15-10-7-11-21-15/h4-11,14,20H,3,12H2,1-2H3,(H,18,19). The Kier molecular flexibility index (Phi) is 6.06. The molecule has 0 aliphatic carbocycles. The fourth-order valence-electron chi connectivity index (χ4n) is 2.03. The van der Waals surface area contributed by atoms with Gasteiger partial charge in [-0.2, -0.15) is 0 Å². The zero-order chi connectivity index (χ0) is 16.0. The minimum atomic E-state index is -1.03. The third kappa shape index (κ3) is 4.60. The number of amides is 1. The van der Waals surface area contributed by atoms with Crippen LogP contribution >= 0.6 is 23.1 Å². The second-order valence-electron chi connectivity index (χ2n) is 5.30. The smallest absolute Gasteiger partial charge is 0.233 e. The van der Waals surface area contributed by atoms with Crippen molar-refractivity contribution in [3.8, 4) is 0 Å². The number of nitrogens with one attached hydrogen (secondary N) is 1. The lowest BCUT2D eigenvalue weighted by Gasteiger charge is -2.24. The lowest BCUT2D eigenvalue weighted by atomic mass is 10.1. The molecule has 1 aromatic heterocycles. The molecule has 1 aromatic carbocycles. The summed E-state index contributed by atoms with van der Waals surface area (Å²) in [5.74, 6) is -0.0341. The molecule has 2 N–H and O–H groups in total. The van der Waals surface area contributed by atoms with E-state index in [4.69, 9.17) is 0 Å². The highest BCUT2D eigenvalue weighted by atomic mass is 32.2. The van der Waals surface area contributed by atoms with E-state index in [-0.39, 0.29) is 17.7 Å². The predicted molar refractivity (Wildman–Crippen MR) is 93.3 cm³/mol. The molecule has 22 heavy (non-hydrogen) atoms. The van der Waals surface area contributed by atoms with Crippen molar-refractivity contribution in [3.05, 3.63) is 52.7 Å². The van der Waals surface area contributed by atoms with Gasteiger partial charge in [0.05, 0.1) is 11.8 Å². The predicted octanol–water partition coefficient (Wildman–Crippen LogP) is 3.64. The van der Waals surface area contributed by atoms with E-state index in [2.05, 4.69) is 5.32 Å².